The van der Waals surface area contributed by atoms with E-state index in [4.69, 9.17) is 5.14 Å². The van der Waals surface area contributed by atoms with Gasteiger partial charge in [0.15, 0.2) is 0 Å². The fourth-order valence-corrected chi connectivity index (χ4v) is 3.13. The van der Waals surface area contributed by atoms with E-state index >= 15 is 0 Å². The number of hydrogen-bond acceptors (Lipinski definition) is 3. The number of carbonyl (C=O) groups excluding carboxylic acids is 1. The van der Waals surface area contributed by atoms with Gasteiger partial charge in [-0.25, -0.2) is 13.6 Å². The lowest BCUT2D eigenvalue weighted by Gasteiger charge is -2.10. The van der Waals surface area contributed by atoms with E-state index in [9.17, 15) is 13.2 Å². The van der Waals surface area contributed by atoms with Gasteiger partial charge in [0, 0.05) is 16.6 Å². The number of hydrogen-bond donors (Lipinski definition) is 2. The molecule has 19 heavy (non-hydrogen) atoms. The number of amides is 1. The first-order valence-electron chi connectivity index (χ1n) is 5.86. The summed E-state index contributed by atoms with van der Waals surface area (Å²) in [5.74, 6) is 0.219. The van der Waals surface area contributed by atoms with Crippen molar-refractivity contribution in [2.24, 2.45) is 11.1 Å². The normalized spacial score (nSPS) is 13.1. The predicted octanol–water partition coefficient (Wildman–Crippen LogP) is 2.47. The van der Waals surface area contributed by atoms with E-state index < -0.39 is 10.0 Å². The average molecular weight is 349 g/mol. The molecule has 0 saturated heterocycles. The molecule has 0 aliphatic heterocycles. The third-order valence-electron chi connectivity index (χ3n) is 2.75. The molecule has 0 radical (unpaired) electrons. The third-order valence-corrected chi connectivity index (χ3v) is 4.64. The highest BCUT2D eigenvalue weighted by Crippen LogP contribution is 2.24. The van der Waals surface area contributed by atoms with Gasteiger partial charge in [-0.15, -0.1) is 0 Å². The molecule has 1 aromatic rings. The van der Waals surface area contributed by atoms with Crippen molar-refractivity contribution in [1.82, 2.24) is 0 Å². The van der Waals surface area contributed by atoms with Crippen molar-refractivity contribution in [3.63, 3.8) is 0 Å². The Bertz CT molecular complexity index is 572. The van der Waals surface area contributed by atoms with E-state index in [1.807, 2.05) is 13.8 Å². The Balaban J connectivity index is 2.83. The number of rotatable bonds is 5. The summed E-state index contributed by atoms with van der Waals surface area (Å²) in [5.41, 5.74) is 0.535. The molecule has 1 aromatic carbocycles. The fourth-order valence-electron chi connectivity index (χ4n) is 1.48. The lowest BCUT2D eigenvalue weighted by molar-refractivity contribution is -0.117. The Morgan fingerprint density at radius 2 is 2.11 bits per heavy atom. The fraction of sp³-hybridized carbons (Fsp3) is 0.417. The van der Waals surface area contributed by atoms with Crippen LogP contribution in [0, 0.1) is 5.92 Å². The third kappa shape index (κ3) is 4.93. The summed E-state index contributed by atoms with van der Waals surface area (Å²) >= 11 is 3.13. The van der Waals surface area contributed by atoms with Crippen LogP contribution in [0.4, 0.5) is 5.69 Å². The highest BCUT2D eigenvalue weighted by Gasteiger charge is 2.14. The summed E-state index contributed by atoms with van der Waals surface area (Å²) in [6.07, 6.45) is 1.37. The number of benzene rings is 1. The zero-order valence-electron chi connectivity index (χ0n) is 10.8. The second kappa shape index (κ2) is 6.49. The standard InChI is InChI=1S/C12H17BrN2O3S/c1-3-8(2)6-12(16)15-9-4-5-11(10(13)7-9)19(14,17)18/h4-5,7-8H,3,6H2,1-2H3,(H,15,16)(H2,14,17,18). The second-order valence-corrected chi connectivity index (χ2v) is 6.84. The zero-order valence-corrected chi connectivity index (χ0v) is 13.2. The molecule has 0 spiro atoms. The molecular formula is C12H17BrN2O3S. The van der Waals surface area contributed by atoms with Gasteiger partial charge in [0.2, 0.25) is 15.9 Å². The quantitative estimate of drug-likeness (QED) is 0.856. The van der Waals surface area contributed by atoms with Crippen molar-refractivity contribution < 1.29 is 13.2 Å². The Morgan fingerprint density at radius 3 is 2.58 bits per heavy atom. The van der Waals surface area contributed by atoms with E-state index in [0.29, 0.717) is 22.5 Å². The van der Waals surface area contributed by atoms with Crippen LogP contribution in [0.2, 0.25) is 0 Å². The summed E-state index contributed by atoms with van der Waals surface area (Å²) < 4.78 is 22.8. The molecule has 1 unspecified atom stereocenters. The highest BCUT2D eigenvalue weighted by molar-refractivity contribution is 9.10. The van der Waals surface area contributed by atoms with Crippen molar-refractivity contribution in [3.8, 4) is 0 Å². The molecule has 1 atom stereocenters. The van der Waals surface area contributed by atoms with E-state index in [-0.39, 0.29) is 10.8 Å². The van der Waals surface area contributed by atoms with E-state index in [0.717, 1.165) is 6.42 Å². The monoisotopic (exact) mass is 348 g/mol. The van der Waals surface area contributed by atoms with Gasteiger partial charge < -0.3 is 5.32 Å². The molecule has 0 aliphatic rings. The van der Waals surface area contributed by atoms with Crippen molar-refractivity contribution in [2.45, 2.75) is 31.6 Å². The molecule has 0 saturated carbocycles. The average Bonchev–Trinajstić information content (AvgIpc) is 2.26. The molecule has 1 rings (SSSR count). The van der Waals surface area contributed by atoms with Crippen LogP contribution in [0.15, 0.2) is 27.6 Å². The minimum absolute atomic E-state index is 0.00701. The maximum absolute atomic E-state index is 11.7. The number of primary sulfonamides is 1. The Kier molecular flexibility index (Phi) is 5.51. The Morgan fingerprint density at radius 1 is 1.47 bits per heavy atom. The molecule has 0 fully saturated rings. The SMILES string of the molecule is CCC(C)CC(=O)Nc1ccc(S(N)(=O)=O)c(Br)c1. The molecule has 0 aromatic heterocycles. The molecule has 5 nitrogen and oxygen atoms in total. The topological polar surface area (TPSA) is 89.3 Å². The first-order valence-corrected chi connectivity index (χ1v) is 8.20. The van der Waals surface area contributed by atoms with Gasteiger partial charge >= 0.3 is 0 Å². The molecule has 106 valence electrons. The van der Waals surface area contributed by atoms with Crippen LogP contribution in [0.1, 0.15) is 26.7 Å². The van der Waals surface area contributed by atoms with Gasteiger partial charge in [-0.05, 0) is 40.0 Å². The minimum atomic E-state index is -3.76. The number of sulfonamides is 1. The van der Waals surface area contributed by atoms with Crippen LogP contribution >= 0.6 is 15.9 Å². The maximum atomic E-state index is 11.7. The lowest BCUT2D eigenvalue weighted by atomic mass is 10.1. The van der Waals surface area contributed by atoms with Gasteiger partial charge in [-0.1, -0.05) is 20.3 Å². The Hall–Kier alpha value is -0.920. The van der Waals surface area contributed by atoms with Gasteiger partial charge in [-0.2, -0.15) is 0 Å². The van der Waals surface area contributed by atoms with Gasteiger partial charge in [0.1, 0.15) is 0 Å². The van der Waals surface area contributed by atoms with Crippen molar-refractivity contribution in [3.05, 3.63) is 22.7 Å². The molecule has 1 amide bonds. The minimum Gasteiger partial charge on any atom is -0.326 e. The summed E-state index contributed by atoms with van der Waals surface area (Å²) in [4.78, 5) is 11.7. The molecule has 3 N–H and O–H groups in total. The molecule has 7 heteroatoms. The zero-order chi connectivity index (χ0) is 14.6. The number of nitrogens with one attached hydrogen (secondary N) is 1. The van der Waals surface area contributed by atoms with Crippen molar-refractivity contribution in [2.75, 3.05) is 5.32 Å². The maximum Gasteiger partial charge on any atom is 0.239 e. The van der Waals surface area contributed by atoms with Crippen LogP contribution < -0.4 is 10.5 Å². The lowest BCUT2D eigenvalue weighted by Crippen LogP contribution is -2.16. The number of carbonyl (C=O) groups is 1. The number of nitrogens with two attached hydrogens (primary N) is 1. The predicted molar refractivity (Wildman–Crippen MR) is 78.2 cm³/mol. The van der Waals surface area contributed by atoms with Gasteiger partial charge in [0.05, 0.1) is 4.90 Å². The van der Waals surface area contributed by atoms with Gasteiger partial charge in [-0.3, -0.25) is 4.79 Å². The van der Waals surface area contributed by atoms with Crippen LogP contribution in [0.25, 0.3) is 0 Å². The molecule has 0 heterocycles. The van der Waals surface area contributed by atoms with Crippen molar-refractivity contribution in [1.29, 1.82) is 0 Å². The van der Waals surface area contributed by atoms with Crippen LogP contribution in [0.3, 0.4) is 0 Å². The molecule has 0 bridgehead atoms. The second-order valence-electron chi connectivity index (χ2n) is 4.46. The van der Waals surface area contributed by atoms with Gasteiger partial charge in [0.25, 0.3) is 0 Å². The number of anilines is 1. The summed E-state index contributed by atoms with van der Waals surface area (Å²) in [5, 5.41) is 7.77. The summed E-state index contributed by atoms with van der Waals surface area (Å²) in [6.45, 7) is 4.02. The first kappa shape index (κ1) is 16.1. The van der Waals surface area contributed by atoms with Crippen LogP contribution in [-0.2, 0) is 14.8 Å². The number of halogens is 1. The van der Waals surface area contributed by atoms with Crippen LogP contribution in [0.5, 0.6) is 0 Å². The van der Waals surface area contributed by atoms with E-state index in [2.05, 4.69) is 21.2 Å². The van der Waals surface area contributed by atoms with Crippen LogP contribution in [-0.4, -0.2) is 14.3 Å². The largest absolute Gasteiger partial charge is 0.326 e. The van der Waals surface area contributed by atoms with Crippen molar-refractivity contribution >= 4 is 37.5 Å². The van der Waals surface area contributed by atoms with E-state index in [1.165, 1.54) is 18.2 Å². The first-order chi connectivity index (χ1) is 8.74. The summed E-state index contributed by atoms with van der Waals surface area (Å²) in [7, 11) is -3.76. The van der Waals surface area contributed by atoms with E-state index in [1.54, 1.807) is 0 Å². The Labute approximate surface area is 121 Å². The molecular weight excluding hydrogens is 332 g/mol. The smallest absolute Gasteiger partial charge is 0.239 e. The molecule has 0 aliphatic carbocycles. The highest BCUT2D eigenvalue weighted by atomic mass is 79.9. The summed E-state index contributed by atoms with van der Waals surface area (Å²) in [6, 6.07) is 4.39.